The highest BCUT2D eigenvalue weighted by atomic mass is 32.1. The minimum absolute atomic E-state index is 0.0827. The van der Waals surface area contributed by atoms with Crippen molar-refractivity contribution in [1.82, 2.24) is 5.32 Å². The minimum atomic E-state index is -2.79. The Balaban J connectivity index is 2.21. The topological polar surface area (TPSA) is 21.3 Å². The van der Waals surface area contributed by atoms with E-state index in [1.54, 1.807) is 23.5 Å². The predicted octanol–water partition coefficient (Wildman–Crippen LogP) is 4.36. The molecule has 0 saturated carbocycles. The van der Waals surface area contributed by atoms with Crippen LogP contribution in [-0.2, 0) is 0 Å². The van der Waals surface area contributed by atoms with Gasteiger partial charge in [-0.2, -0.15) is 8.78 Å². The quantitative estimate of drug-likeness (QED) is 0.855. The van der Waals surface area contributed by atoms with Crippen molar-refractivity contribution in [2.45, 2.75) is 26.5 Å². The lowest BCUT2D eigenvalue weighted by molar-refractivity contribution is -0.0498. The molecule has 0 aliphatic carbocycles. The van der Waals surface area contributed by atoms with Gasteiger partial charge >= 0.3 is 6.61 Å². The standard InChI is InChI=1S/C15H17F2NOS/c1-3-18-14(13-9-4-10(2)20-13)11-5-7-12(8-6-11)19-15(16)17/h4-9,14-15,18H,3H2,1-2H3. The molecule has 1 N–H and O–H groups in total. The molecule has 20 heavy (non-hydrogen) atoms. The van der Waals surface area contributed by atoms with Crippen LogP contribution in [0, 0.1) is 6.92 Å². The number of ether oxygens (including phenoxy) is 1. The van der Waals surface area contributed by atoms with Crippen molar-refractivity contribution in [3.63, 3.8) is 0 Å². The van der Waals surface area contributed by atoms with Crippen LogP contribution in [0.3, 0.4) is 0 Å². The van der Waals surface area contributed by atoms with Crippen molar-refractivity contribution in [3.8, 4) is 5.75 Å². The van der Waals surface area contributed by atoms with Gasteiger partial charge in [0.2, 0.25) is 0 Å². The molecule has 0 radical (unpaired) electrons. The molecule has 2 aromatic rings. The fraction of sp³-hybridized carbons (Fsp3) is 0.333. The Kier molecular flexibility index (Phi) is 5.09. The Morgan fingerprint density at radius 2 is 1.85 bits per heavy atom. The van der Waals surface area contributed by atoms with Crippen LogP contribution < -0.4 is 10.1 Å². The number of hydrogen-bond acceptors (Lipinski definition) is 3. The maximum atomic E-state index is 12.1. The van der Waals surface area contributed by atoms with Gasteiger partial charge in [-0.25, -0.2) is 0 Å². The maximum Gasteiger partial charge on any atom is 0.387 e. The summed E-state index contributed by atoms with van der Waals surface area (Å²) in [4.78, 5) is 2.47. The number of halogens is 2. The molecule has 0 aliphatic heterocycles. The first kappa shape index (κ1) is 14.9. The van der Waals surface area contributed by atoms with Crippen LogP contribution in [0.25, 0.3) is 0 Å². The summed E-state index contributed by atoms with van der Waals surface area (Å²) in [5, 5.41) is 3.41. The Morgan fingerprint density at radius 3 is 2.35 bits per heavy atom. The molecule has 5 heteroatoms. The zero-order valence-corrected chi connectivity index (χ0v) is 12.2. The highest BCUT2D eigenvalue weighted by Crippen LogP contribution is 2.29. The lowest BCUT2D eigenvalue weighted by Gasteiger charge is -2.17. The molecular formula is C15H17F2NOS. The average Bonchev–Trinajstić information content (AvgIpc) is 2.83. The van der Waals surface area contributed by atoms with Crippen molar-refractivity contribution in [2.75, 3.05) is 6.54 Å². The second-order valence-corrected chi connectivity index (χ2v) is 5.71. The van der Waals surface area contributed by atoms with Crippen LogP contribution in [0.2, 0.25) is 0 Å². The van der Waals surface area contributed by atoms with E-state index < -0.39 is 6.61 Å². The summed E-state index contributed by atoms with van der Waals surface area (Å²) < 4.78 is 28.6. The molecular weight excluding hydrogens is 280 g/mol. The van der Waals surface area contributed by atoms with E-state index in [9.17, 15) is 8.78 Å². The smallest absolute Gasteiger partial charge is 0.387 e. The number of benzene rings is 1. The van der Waals surface area contributed by atoms with Gasteiger partial charge in [0.25, 0.3) is 0 Å². The van der Waals surface area contributed by atoms with Crippen molar-refractivity contribution in [3.05, 3.63) is 51.7 Å². The summed E-state index contributed by atoms with van der Waals surface area (Å²) in [6.45, 7) is 2.15. The van der Waals surface area contributed by atoms with Crippen molar-refractivity contribution in [1.29, 1.82) is 0 Å². The van der Waals surface area contributed by atoms with Gasteiger partial charge < -0.3 is 10.1 Å². The van der Waals surface area contributed by atoms with E-state index >= 15 is 0 Å². The molecule has 0 bridgehead atoms. The van der Waals surface area contributed by atoms with Crippen LogP contribution in [0.5, 0.6) is 5.75 Å². The number of hydrogen-bond donors (Lipinski definition) is 1. The van der Waals surface area contributed by atoms with Gasteiger partial charge in [-0.1, -0.05) is 19.1 Å². The third-order valence-corrected chi connectivity index (χ3v) is 3.96. The first-order chi connectivity index (χ1) is 9.60. The molecule has 1 unspecified atom stereocenters. The summed E-state index contributed by atoms with van der Waals surface area (Å²) in [6, 6.07) is 11.0. The normalized spacial score (nSPS) is 12.7. The van der Waals surface area contributed by atoms with E-state index in [4.69, 9.17) is 0 Å². The maximum absolute atomic E-state index is 12.1. The first-order valence-corrected chi connectivity index (χ1v) is 7.26. The summed E-state index contributed by atoms with van der Waals surface area (Å²) >= 11 is 1.73. The highest BCUT2D eigenvalue weighted by molar-refractivity contribution is 7.12. The molecule has 2 nitrogen and oxygen atoms in total. The molecule has 0 aliphatic rings. The van der Waals surface area contributed by atoms with Crippen molar-refractivity contribution < 1.29 is 13.5 Å². The third-order valence-electron chi connectivity index (χ3n) is 2.89. The van der Waals surface area contributed by atoms with E-state index in [-0.39, 0.29) is 11.8 Å². The van der Waals surface area contributed by atoms with Crippen LogP contribution in [0.1, 0.15) is 28.3 Å². The van der Waals surface area contributed by atoms with Crippen LogP contribution in [0.15, 0.2) is 36.4 Å². The van der Waals surface area contributed by atoms with Gasteiger partial charge in [0, 0.05) is 9.75 Å². The van der Waals surface area contributed by atoms with Gasteiger partial charge in [-0.05, 0) is 43.3 Å². The van der Waals surface area contributed by atoms with E-state index in [0.29, 0.717) is 0 Å². The van der Waals surface area contributed by atoms with E-state index in [0.717, 1.165) is 12.1 Å². The lowest BCUT2D eigenvalue weighted by atomic mass is 10.1. The van der Waals surface area contributed by atoms with Gasteiger partial charge in [0.15, 0.2) is 0 Å². The molecule has 1 aromatic heterocycles. The number of thiophene rings is 1. The van der Waals surface area contributed by atoms with Crippen LogP contribution in [0.4, 0.5) is 8.78 Å². The van der Waals surface area contributed by atoms with Gasteiger partial charge in [-0.15, -0.1) is 11.3 Å². The number of rotatable bonds is 6. The Hall–Kier alpha value is -1.46. The summed E-state index contributed by atoms with van der Waals surface area (Å²) in [5.74, 6) is 0.182. The van der Waals surface area contributed by atoms with Crippen molar-refractivity contribution in [2.24, 2.45) is 0 Å². The average molecular weight is 297 g/mol. The second-order valence-electron chi connectivity index (χ2n) is 4.39. The highest BCUT2D eigenvalue weighted by Gasteiger charge is 2.15. The minimum Gasteiger partial charge on any atom is -0.435 e. The van der Waals surface area contributed by atoms with Gasteiger partial charge in [0.05, 0.1) is 6.04 Å². The SMILES string of the molecule is CCNC(c1ccc(OC(F)F)cc1)c1ccc(C)s1. The van der Waals surface area contributed by atoms with Crippen molar-refractivity contribution >= 4 is 11.3 Å². The molecule has 1 aromatic carbocycles. The zero-order valence-electron chi connectivity index (χ0n) is 11.4. The zero-order chi connectivity index (χ0) is 14.5. The monoisotopic (exact) mass is 297 g/mol. The number of aryl methyl sites for hydroxylation is 1. The number of nitrogens with one attached hydrogen (secondary N) is 1. The molecule has 108 valence electrons. The predicted molar refractivity (Wildman–Crippen MR) is 77.6 cm³/mol. The molecule has 0 amide bonds. The van der Waals surface area contributed by atoms with E-state index in [2.05, 4.69) is 29.1 Å². The van der Waals surface area contributed by atoms with Crippen LogP contribution >= 0.6 is 11.3 Å². The molecule has 0 spiro atoms. The summed E-state index contributed by atoms with van der Waals surface area (Å²) in [7, 11) is 0. The largest absolute Gasteiger partial charge is 0.435 e. The first-order valence-electron chi connectivity index (χ1n) is 6.44. The molecule has 0 saturated heterocycles. The molecule has 1 atom stereocenters. The molecule has 1 heterocycles. The van der Waals surface area contributed by atoms with E-state index in [1.165, 1.54) is 9.75 Å². The summed E-state index contributed by atoms with van der Waals surface area (Å²) in [6.07, 6.45) is 0. The van der Waals surface area contributed by atoms with Gasteiger partial charge in [0.1, 0.15) is 5.75 Å². The second kappa shape index (κ2) is 6.81. The van der Waals surface area contributed by atoms with Gasteiger partial charge in [-0.3, -0.25) is 0 Å². The Bertz CT molecular complexity index is 539. The summed E-state index contributed by atoms with van der Waals surface area (Å²) in [5.41, 5.74) is 1.04. The molecule has 0 fully saturated rings. The Morgan fingerprint density at radius 1 is 1.15 bits per heavy atom. The fourth-order valence-electron chi connectivity index (χ4n) is 2.04. The fourth-order valence-corrected chi connectivity index (χ4v) is 3.02. The third kappa shape index (κ3) is 3.77. The van der Waals surface area contributed by atoms with Crippen LogP contribution in [-0.4, -0.2) is 13.2 Å². The number of alkyl halides is 2. The Labute approximate surface area is 121 Å². The lowest BCUT2D eigenvalue weighted by Crippen LogP contribution is -2.21. The van der Waals surface area contributed by atoms with E-state index in [1.807, 2.05) is 19.1 Å². The molecule has 2 rings (SSSR count).